The van der Waals surface area contributed by atoms with Gasteiger partial charge in [0.25, 0.3) is 0 Å². The van der Waals surface area contributed by atoms with E-state index in [0.29, 0.717) is 12.1 Å². The minimum atomic E-state index is -3.78. The highest BCUT2D eigenvalue weighted by Gasteiger charge is 2.26. The molecule has 0 saturated heterocycles. The molecule has 0 saturated carbocycles. The van der Waals surface area contributed by atoms with Crippen LogP contribution in [0.1, 0.15) is 20.3 Å². The maximum Gasteiger partial charge on any atom is 0.244 e. The summed E-state index contributed by atoms with van der Waals surface area (Å²) < 4.78 is 22.3. The first-order valence-corrected chi connectivity index (χ1v) is 6.94. The van der Waals surface area contributed by atoms with Crippen LogP contribution in [-0.2, 0) is 14.8 Å². The first-order chi connectivity index (χ1) is 8.16. The molecule has 0 heterocycles. The summed E-state index contributed by atoms with van der Waals surface area (Å²) in [5.41, 5.74) is 5.12. The molecule has 0 aliphatic rings. The van der Waals surface area contributed by atoms with Crippen molar-refractivity contribution in [1.29, 1.82) is 0 Å². The quantitative estimate of drug-likeness (QED) is 0.735. The Morgan fingerprint density at radius 1 is 1.44 bits per heavy atom. The topological polar surface area (TPSA) is 115 Å². The Kier molecular flexibility index (Phi) is 4.10. The van der Waals surface area contributed by atoms with Gasteiger partial charge in [0, 0.05) is 5.69 Å². The monoisotopic (exact) mass is 271 g/mol. The average molecular weight is 271 g/mol. The number of carbonyl (C=O) groups excluding carboxylic acids is 1. The summed E-state index contributed by atoms with van der Waals surface area (Å²) >= 11 is 0. The van der Waals surface area contributed by atoms with E-state index in [4.69, 9.17) is 10.9 Å². The molecule has 1 amide bonds. The Hall–Kier alpha value is -1.44. The fourth-order valence-electron chi connectivity index (χ4n) is 1.19. The molecule has 1 aromatic carbocycles. The number of carbonyl (C=O) groups is 1. The van der Waals surface area contributed by atoms with Gasteiger partial charge in [-0.2, -0.15) is 0 Å². The Balaban J connectivity index is 2.97. The van der Waals surface area contributed by atoms with E-state index in [0.717, 1.165) is 0 Å². The molecule has 0 radical (unpaired) electrons. The number of sulfonamides is 1. The van der Waals surface area contributed by atoms with Crippen LogP contribution in [0.2, 0.25) is 0 Å². The van der Waals surface area contributed by atoms with Crippen molar-refractivity contribution >= 4 is 21.6 Å². The number of benzene rings is 1. The van der Waals surface area contributed by atoms with E-state index in [1.54, 1.807) is 19.9 Å². The number of rotatable bonds is 4. The molecular formula is C11H17N3O3S. The van der Waals surface area contributed by atoms with Crippen LogP contribution in [-0.4, -0.2) is 19.9 Å². The predicted octanol–water partition coefficient (Wildman–Crippen LogP) is 0.400. The lowest BCUT2D eigenvalue weighted by atomic mass is 9.99. The van der Waals surface area contributed by atoms with Crippen molar-refractivity contribution in [3.05, 3.63) is 24.3 Å². The molecule has 0 fully saturated rings. The lowest BCUT2D eigenvalue weighted by Crippen LogP contribution is -2.47. The van der Waals surface area contributed by atoms with Gasteiger partial charge in [-0.15, -0.1) is 0 Å². The second kappa shape index (κ2) is 5.05. The Morgan fingerprint density at radius 3 is 2.56 bits per heavy atom. The number of nitrogens with one attached hydrogen (secondary N) is 1. The standard InChI is InChI=1S/C11H17N3O3S/c1-3-11(2,12)10(15)14-8-5-4-6-9(7-8)18(13,16)17/h4-7H,3,12H2,1-2H3,(H,14,15)(H2,13,16,17). The molecule has 0 spiro atoms. The molecule has 6 nitrogen and oxygen atoms in total. The van der Waals surface area contributed by atoms with Gasteiger partial charge in [-0.05, 0) is 31.5 Å². The number of primary sulfonamides is 1. The van der Waals surface area contributed by atoms with Crippen molar-refractivity contribution in [2.24, 2.45) is 10.9 Å². The summed E-state index contributed by atoms with van der Waals surface area (Å²) in [5.74, 6) is -0.378. The van der Waals surface area contributed by atoms with Gasteiger partial charge in [-0.25, -0.2) is 13.6 Å². The van der Waals surface area contributed by atoms with Crippen LogP contribution < -0.4 is 16.2 Å². The van der Waals surface area contributed by atoms with Gasteiger partial charge < -0.3 is 11.1 Å². The molecule has 1 rings (SSSR count). The van der Waals surface area contributed by atoms with Gasteiger partial charge in [0.15, 0.2) is 0 Å². The normalized spacial score (nSPS) is 14.9. The van der Waals surface area contributed by atoms with Gasteiger partial charge in [0.05, 0.1) is 10.4 Å². The number of anilines is 1. The minimum absolute atomic E-state index is 0.0597. The minimum Gasteiger partial charge on any atom is -0.324 e. The molecule has 0 aliphatic heterocycles. The maximum absolute atomic E-state index is 11.8. The second-order valence-electron chi connectivity index (χ2n) is 4.30. The third-order valence-corrected chi connectivity index (χ3v) is 3.58. The molecular weight excluding hydrogens is 254 g/mol. The van der Waals surface area contributed by atoms with Gasteiger partial charge >= 0.3 is 0 Å². The summed E-state index contributed by atoms with van der Waals surface area (Å²) in [6.45, 7) is 3.40. The van der Waals surface area contributed by atoms with Crippen LogP contribution in [0, 0.1) is 0 Å². The van der Waals surface area contributed by atoms with Crippen molar-refractivity contribution in [2.75, 3.05) is 5.32 Å². The van der Waals surface area contributed by atoms with E-state index in [1.807, 2.05) is 0 Å². The first kappa shape index (κ1) is 14.6. The molecule has 7 heteroatoms. The highest BCUT2D eigenvalue weighted by atomic mass is 32.2. The van der Waals surface area contributed by atoms with Crippen LogP contribution in [0.15, 0.2) is 29.2 Å². The zero-order valence-corrected chi connectivity index (χ0v) is 11.1. The molecule has 1 unspecified atom stereocenters. The molecule has 5 N–H and O–H groups in total. The predicted molar refractivity (Wildman–Crippen MR) is 69.3 cm³/mol. The molecule has 0 aromatic heterocycles. The van der Waals surface area contributed by atoms with Crippen molar-refractivity contribution in [3.63, 3.8) is 0 Å². The van der Waals surface area contributed by atoms with E-state index in [1.165, 1.54) is 18.2 Å². The van der Waals surface area contributed by atoms with E-state index in [9.17, 15) is 13.2 Å². The van der Waals surface area contributed by atoms with Gasteiger partial charge in [-0.1, -0.05) is 13.0 Å². The van der Waals surface area contributed by atoms with Crippen molar-refractivity contribution in [3.8, 4) is 0 Å². The summed E-state index contributed by atoms with van der Waals surface area (Å²) in [4.78, 5) is 11.7. The van der Waals surface area contributed by atoms with Crippen molar-refractivity contribution < 1.29 is 13.2 Å². The molecule has 18 heavy (non-hydrogen) atoms. The first-order valence-electron chi connectivity index (χ1n) is 5.40. The van der Waals surface area contributed by atoms with Crippen LogP contribution in [0.25, 0.3) is 0 Å². The van der Waals surface area contributed by atoms with Gasteiger partial charge in [0.2, 0.25) is 15.9 Å². The smallest absolute Gasteiger partial charge is 0.244 e. The van der Waals surface area contributed by atoms with E-state index in [2.05, 4.69) is 5.32 Å². The van der Waals surface area contributed by atoms with Gasteiger partial charge in [-0.3, -0.25) is 4.79 Å². The summed E-state index contributed by atoms with van der Waals surface area (Å²) in [6.07, 6.45) is 0.466. The molecule has 1 atom stereocenters. The third kappa shape index (κ3) is 3.52. The van der Waals surface area contributed by atoms with Crippen LogP contribution in [0.5, 0.6) is 0 Å². The fourth-order valence-corrected chi connectivity index (χ4v) is 1.74. The lowest BCUT2D eigenvalue weighted by molar-refractivity contribution is -0.120. The number of amides is 1. The Labute approximate surface area is 106 Å². The zero-order chi connectivity index (χ0) is 14.0. The van der Waals surface area contributed by atoms with E-state index < -0.39 is 15.6 Å². The van der Waals surface area contributed by atoms with Crippen LogP contribution >= 0.6 is 0 Å². The maximum atomic E-state index is 11.8. The molecule has 0 aliphatic carbocycles. The highest BCUT2D eigenvalue weighted by Crippen LogP contribution is 2.16. The number of hydrogen-bond acceptors (Lipinski definition) is 4. The third-order valence-electron chi connectivity index (χ3n) is 2.67. The summed E-state index contributed by atoms with van der Waals surface area (Å²) in [6, 6.07) is 5.71. The molecule has 0 bridgehead atoms. The molecule has 1 aromatic rings. The van der Waals surface area contributed by atoms with Gasteiger partial charge in [0.1, 0.15) is 0 Å². The van der Waals surface area contributed by atoms with E-state index in [-0.39, 0.29) is 10.8 Å². The zero-order valence-electron chi connectivity index (χ0n) is 10.3. The molecule has 100 valence electrons. The Bertz CT molecular complexity index is 552. The SMILES string of the molecule is CCC(C)(N)C(=O)Nc1cccc(S(N)(=O)=O)c1. The average Bonchev–Trinajstić information content (AvgIpc) is 2.28. The number of nitrogens with two attached hydrogens (primary N) is 2. The van der Waals surface area contributed by atoms with Crippen LogP contribution in [0.3, 0.4) is 0 Å². The second-order valence-corrected chi connectivity index (χ2v) is 5.86. The van der Waals surface area contributed by atoms with Crippen molar-refractivity contribution in [2.45, 2.75) is 30.7 Å². The van der Waals surface area contributed by atoms with E-state index >= 15 is 0 Å². The lowest BCUT2D eigenvalue weighted by Gasteiger charge is -2.21. The summed E-state index contributed by atoms with van der Waals surface area (Å²) in [7, 11) is -3.78. The van der Waals surface area contributed by atoms with Crippen LogP contribution in [0.4, 0.5) is 5.69 Å². The highest BCUT2D eigenvalue weighted by molar-refractivity contribution is 7.89. The fraction of sp³-hybridized carbons (Fsp3) is 0.364. The summed E-state index contributed by atoms with van der Waals surface area (Å²) in [5, 5.41) is 7.56. The van der Waals surface area contributed by atoms with Crippen molar-refractivity contribution in [1.82, 2.24) is 0 Å². The largest absolute Gasteiger partial charge is 0.324 e. The number of hydrogen-bond donors (Lipinski definition) is 3. The Morgan fingerprint density at radius 2 is 2.06 bits per heavy atom.